The van der Waals surface area contributed by atoms with Crippen molar-refractivity contribution >= 4 is 28.2 Å². The Morgan fingerprint density at radius 3 is 2.46 bits per heavy atom. The number of nitrogens with zero attached hydrogens (tertiary/aromatic N) is 2. The highest BCUT2D eigenvalue weighted by molar-refractivity contribution is 5.94. The summed E-state index contributed by atoms with van der Waals surface area (Å²) in [6, 6.07) is 11.8. The number of fused-ring (bicyclic) bond motifs is 4. The Morgan fingerprint density at radius 2 is 1.73 bits per heavy atom. The minimum absolute atomic E-state index is 0.00299. The summed E-state index contributed by atoms with van der Waals surface area (Å²) in [6.45, 7) is 10.5. The van der Waals surface area contributed by atoms with Gasteiger partial charge in [-0.15, -0.1) is 0 Å². The average Bonchev–Trinajstić information content (AvgIpc) is 3.41. The van der Waals surface area contributed by atoms with Crippen molar-refractivity contribution in [3.05, 3.63) is 53.7 Å². The van der Waals surface area contributed by atoms with Crippen LogP contribution in [-0.2, 0) is 16.0 Å². The maximum atomic E-state index is 13.7. The lowest BCUT2D eigenvalue weighted by molar-refractivity contribution is -0.140. The lowest BCUT2D eigenvalue weighted by Crippen LogP contribution is -2.45. The maximum absolute atomic E-state index is 13.7. The van der Waals surface area contributed by atoms with Crippen LogP contribution in [-0.4, -0.2) is 92.5 Å². The fourth-order valence-electron chi connectivity index (χ4n) is 5.74. The molecule has 2 unspecified atom stereocenters. The Hall–Kier alpha value is -3.92. The minimum Gasteiger partial charge on any atom is -0.490 e. The monoisotopic (exact) mass is 674 g/mol. The van der Waals surface area contributed by atoms with Gasteiger partial charge < -0.3 is 39.4 Å². The molecule has 1 fully saturated rings. The number of carboxylic acid groups (broad SMARTS) is 1. The van der Waals surface area contributed by atoms with E-state index in [4.69, 9.17) is 14.2 Å². The number of aromatic carboxylic acids is 1. The van der Waals surface area contributed by atoms with Crippen molar-refractivity contribution < 1.29 is 37.3 Å². The van der Waals surface area contributed by atoms with E-state index < -0.39 is 18.7 Å². The molecule has 3 heterocycles. The molecule has 0 aliphatic carbocycles. The van der Waals surface area contributed by atoms with Gasteiger partial charge in [-0.3, -0.25) is 0 Å². The third-order valence-electron chi connectivity index (χ3n) is 7.86. The van der Waals surface area contributed by atoms with Gasteiger partial charge in [0.25, 0.3) is 0 Å². The third-order valence-corrected chi connectivity index (χ3v) is 7.86. The van der Waals surface area contributed by atoms with Crippen molar-refractivity contribution in [3.63, 3.8) is 0 Å². The number of likely N-dealkylation sites (tertiary alicyclic amines) is 1. The summed E-state index contributed by atoms with van der Waals surface area (Å²) >= 11 is 0. The van der Waals surface area contributed by atoms with Gasteiger partial charge in [-0.2, -0.15) is 13.2 Å². The average molecular weight is 675 g/mol. The van der Waals surface area contributed by atoms with E-state index in [9.17, 15) is 23.1 Å². The number of benzene rings is 2. The molecule has 0 amide bonds. The number of aromatic nitrogens is 1. The van der Waals surface area contributed by atoms with Crippen molar-refractivity contribution in [2.45, 2.75) is 59.3 Å². The van der Waals surface area contributed by atoms with E-state index in [1.54, 1.807) is 30.3 Å². The quantitative estimate of drug-likeness (QED) is 0.251. The summed E-state index contributed by atoms with van der Waals surface area (Å²) in [4.78, 5) is 14.0. The van der Waals surface area contributed by atoms with Crippen LogP contribution < -0.4 is 15.4 Å². The maximum Gasteiger partial charge on any atom is 0.406 e. The lowest BCUT2D eigenvalue weighted by Gasteiger charge is -2.38. The van der Waals surface area contributed by atoms with Crippen molar-refractivity contribution in [2.75, 3.05) is 70.3 Å². The minimum atomic E-state index is -4.43. The van der Waals surface area contributed by atoms with Crippen LogP contribution in [0.2, 0.25) is 0 Å². The molecule has 48 heavy (non-hydrogen) atoms. The fraction of sp³-hybridized carbons (Fsp3) is 0.528. The first-order chi connectivity index (χ1) is 23.2. The van der Waals surface area contributed by atoms with E-state index in [0.29, 0.717) is 36.4 Å². The standard InChI is InChI=1S/C32H37F3N4O5.2C2H6/c1-38-12-9-27-22(20-38)10-13-42-14-15-43-16-17-44-30-18-23(7-8-25(30)31(40)41)36-11-3-4-24-19-26-28(37-27)5-2-6-29(26)39(24)21-32(33,34)35;2*1-2/h2,5-8,18-19,22,27,36-37H,9-17,20-21H2,1H3,(H,40,41);2*1-2H3. The van der Waals surface area contributed by atoms with Crippen LogP contribution in [0.15, 0.2) is 42.5 Å². The number of nitrogens with one attached hydrogen (secondary N) is 2. The zero-order chi connectivity index (χ0) is 35.1. The third kappa shape index (κ3) is 11.1. The van der Waals surface area contributed by atoms with Gasteiger partial charge in [-0.1, -0.05) is 39.7 Å². The van der Waals surface area contributed by atoms with Gasteiger partial charge in [0.2, 0.25) is 0 Å². The summed E-state index contributed by atoms with van der Waals surface area (Å²) in [6.07, 6.45) is -2.72. The summed E-state index contributed by atoms with van der Waals surface area (Å²) in [5.74, 6) is 5.17. The van der Waals surface area contributed by atoms with E-state index in [1.807, 2.05) is 33.8 Å². The number of ether oxygens (including phenoxy) is 3. The van der Waals surface area contributed by atoms with Gasteiger partial charge in [0, 0.05) is 42.0 Å². The molecule has 4 bridgehead atoms. The van der Waals surface area contributed by atoms with Crippen LogP contribution in [0.4, 0.5) is 24.5 Å². The first kappa shape index (κ1) is 38.5. The molecule has 2 aliphatic heterocycles. The van der Waals surface area contributed by atoms with Gasteiger partial charge in [-0.05, 0) is 68.6 Å². The molecular weight excluding hydrogens is 625 g/mol. The molecule has 2 aromatic carbocycles. The first-order valence-electron chi connectivity index (χ1n) is 16.7. The van der Waals surface area contributed by atoms with Crippen molar-refractivity contribution in [1.29, 1.82) is 0 Å². The van der Waals surface area contributed by atoms with Crippen LogP contribution in [0.5, 0.6) is 5.75 Å². The summed E-state index contributed by atoms with van der Waals surface area (Å²) < 4.78 is 59.4. The molecule has 2 atom stereocenters. The lowest BCUT2D eigenvalue weighted by atomic mass is 9.89. The molecule has 264 valence electrons. The molecule has 3 N–H and O–H groups in total. The topological polar surface area (TPSA) is 97.2 Å². The normalized spacial score (nSPS) is 19.3. The Kier molecular flexibility index (Phi) is 15.4. The molecule has 5 rings (SSSR count). The number of halogens is 3. The van der Waals surface area contributed by atoms with Crippen molar-refractivity contribution in [3.8, 4) is 17.6 Å². The van der Waals surface area contributed by atoms with Gasteiger partial charge in [0.05, 0.1) is 37.6 Å². The smallest absolute Gasteiger partial charge is 0.406 e. The highest BCUT2D eigenvalue weighted by Gasteiger charge is 2.31. The molecule has 1 saturated heterocycles. The van der Waals surface area contributed by atoms with E-state index >= 15 is 0 Å². The van der Waals surface area contributed by atoms with E-state index in [-0.39, 0.29) is 48.7 Å². The molecule has 2 aliphatic rings. The van der Waals surface area contributed by atoms with Gasteiger partial charge in [0.1, 0.15) is 24.5 Å². The summed E-state index contributed by atoms with van der Waals surface area (Å²) in [5.41, 5.74) is 2.05. The first-order valence-corrected chi connectivity index (χ1v) is 16.7. The number of piperidine rings is 1. The highest BCUT2D eigenvalue weighted by Crippen LogP contribution is 2.32. The van der Waals surface area contributed by atoms with Gasteiger partial charge in [-0.25, -0.2) is 4.79 Å². The summed E-state index contributed by atoms with van der Waals surface area (Å²) in [7, 11) is 2.09. The second kappa shape index (κ2) is 19.2. The molecule has 3 aromatic rings. The number of carbonyl (C=O) groups is 1. The van der Waals surface area contributed by atoms with E-state index in [0.717, 1.165) is 31.6 Å². The second-order valence-corrected chi connectivity index (χ2v) is 11.1. The molecule has 0 radical (unpaired) electrons. The van der Waals surface area contributed by atoms with Crippen LogP contribution in [0.1, 0.15) is 56.6 Å². The number of hydrogen-bond acceptors (Lipinski definition) is 7. The second-order valence-electron chi connectivity index (χ2n) is 11.1. The van der Waals surface area contributed by atoms with Gasteiger partial charge in [0.15, 0.2) is 0 Å². The van der Waals surface area contributed by atoms with E-state index in [1.165, 1.54) is 10.6 Å². The highest BCUT2D eigenvalue weighted by atomic mass is 19.4. The van der Waals surface area contributed by atoms with Crippen LogP contribution >= 0.6 is 0 Å². The Bertz CT molecular complexity index is 1510. The molecule has 0 spiro atoms. The van der Waals surface area contributed by atoms with Crippen LogP contribution in [0, 0.1) is 17.8 Å². The van der Waals surface area contributed by atoms with Gasteiger partial charge >= 0.3 is 12.1 Å². The summed E-state index contributed by atoms with van der Waals surface area (Å²) in [5, 5.41) is 17.0. The molecule has 12 heteroatoms. The SMILES string of the molecule is CC.CC.CN1CCC2Nc3cccc4c3cc(n4CC(F)(F)F)C#CCNc3ccc(C(=O)O)c(c3)OCCOCCOCCC2C1. The van der Waals surface area contributed by atoms with E-state index in [2.05, 4.69) is 34.4 Å². The Labute approximate surface area is 281 Å². The number of rotatable bonds is 2. The Morgan fingerprint density at radius 1 is 1.00 bits per heavy atom. The number of anilines is 2. The van der Waals surface area contributed by atoms with Crippen molar-refractivity contribution in [1.82, 2.24) is 9.47 Å². The fourth-order valence-corrected chi connectivity index (χ4v) is 5.74. The van der Waals surface area contributed by atoms with Crippen molar-refractivity contribution in [2.24, 2.45) is 5.92 Å². The zero-order valence-electron chi connectivity index (χ0n) is 28.6. The molecule has 0 saturated carbocycles. The zero-order valence-corrected chi connectivity index (χ0v) is 28.6. The number of hydrogen-bond donors (Lipinski definition) is 3. The largest absolute Gasteiger partial charge is 0.490 e. The molecular formula is C36H49F3N4O5. The van der Waals surface area contributed by atoms with Crippen LogP contribution in [0.3, 0.4) is 0 Å². The Balaban J connectivity index is 0.00000151. The predicted octanol–water partition coefficient (Wildman–Crippen LogP) is 6.97. The number of carboxylic acids is 1. The van der Waals surface area contributed by atoms with Crippen LogP contribution in [0.25, 0.3) is 10.9 Å². The molecule has 9 nitrogen and oxygen atoms in total. The molecule has 1 aromatic heterocycles. The predicted molar refractivity (Wildman–Crippen MR) is 184 cm³/mol. The number of alkyl halides is 3.